The van der Waals surface area contributed by atoms with Gasteiger partial charge in [-0.3, -0.25) is 14.6 Å². The van der Waals surface area contributed by atoms with Gasteiger partial charge in [-0.25, -0.2) is 0 Å². The number of benzene rings is 1. The molecule has 0 radical (unpaired) electrons. The summed E-state index contributed by atoms with van der Waals surface area (Å²) in [4.78, 5) is 12.4. The Morgan fingerprint density at radius 3 is 3.00 bits per heavy atom. The van der Waals surface area contributed by atoms with Gasteiger partial charge in [-0.1, -0.05) is 18.2 Å². The minimum absolute atomic E-state index is 0.283. The summed E-state index contributed by atoms with van der Waals surface area (Å²) in [6.45, 7) is 1.95. The van der Waals surface area contributed by atoms with Crippen LogP contribution in [0.1, 0.15) is 16.1 Å². The standard InChI is InChI=1S/C14H15N5O2/c1-8-5-4-6-9-11(8)16-17-12(9)13(20)15-10-7-19(2)18-14(10)21-3/h4-7H,1-3H3,(H,15,20)(H,16,17). The highest BCUT2D eigenvalue weighted by Crippen LogP contribution is 2.24. The van der Waals surface area contributed by atoms with E-state index in [1.165, 1.54) is 7.11 Å². The lowest BCUT2D eigenvalue weighted by molar-refractivity contribution is 0.102. The predicted molar refractivity (Wildman–Crippen MR) is 78.5 cm³/mol. The van der Waals surface area contributed by atoms with Crippen LogP contribution in [0.4, 0.5) is 5.69 Å². The molecule has 0 saturated carbocycles. The first kappa shape index (κ1) is 13.2. The first-order chi connectivity index (χ1) is 10.1. The van der Waals surface area contributed by atoms with Gasteiger partial charge in [0.15, 0.2) is 0 Å². The van der Waals surface area contributed by atoms with Crippen molar-refractivity contribution in [2.45, 2.75) is 6.92 Å². The van der Waals surface area contributed by atoms with Crippen molar-refractivity contribution in [2.75, 3.05) is 12.4 Å². The molecule has 108 valence electrons. The topological polar surface area (TPSA) is 84.8 Å². The maximum Gasteiger partial charge on any atom is 0.274 e. The molecule has 0 atom stereocenters. The zero-order valence-electron chi connectivity index (χ0n) is 12.0. The number of para-hydroxylation sites is 1. The van der Waals surface area contributed by atoms with E-state index in [4.69, 9.17) is 4.74 Å². The van der Waals surface area contributed by atoms with E-state index in [0.717, 1.165) is 16.5 Å². The smallest absolute Gasteiger partial charge is 0.274 e. The van der Waals surface area contributed by atoms with E-state index < -0.39 is 0 Å². The lowest BCUT2D eigenvalue weighted by atomic mass is 10.1. The fourth-order valence-corrected chi connectivity index (χ4v) is 2.24. The van der Waals surface area contributed by atoms with Gasteiger partial charge in [0.25, 0.3) is 11.8 Å². The number of aromatic nitrogens is 4. The molecule has 1 amide bonds. The number of ether oxygens (including phenoxy) is 1. The van der Waals surface area contributed by atoms with Crippen LogP contribution in [-0.2, 0) is 7.05 Å². The fraction of sp³-hybridized carbons (Fsp3) is 0.214. The Morgan fingerprint density at radius 2 is 2.24 bits per heavy atom. The number of nitrogens with one attached hydrogen (secondary N) is 2. The Balaban J connectivity index is 1.96. The normalized spacial score (nSPS) is 10.8. The predicted octanol–water partition coefficient (Wildman–Crippen LogP) is 1.87. The lowest BCUT2D eigenvalue weighted by Crippen LogP contribution is -2.13. The number of hydrogen-bond donors (Lipinski definition) is 2. The van der Waals surface area contributed by atoms with Crippen molar-refractivity contribution < 1.29 is 9.53 Å². The molecule has 3 aromatic rings. The van der Waals surface area contributed by atoms with E-state index in [-0.39, 0.29) is 5.91 Å². The maximum absolute atomic E-state index is 12.4. The molecule has 0 spiro atoms. The highest BCUT2D eigenvalue weighted by Gasteiger charge is 2.17. The molecule has 0 unspecified atom stereocenters. The molecular formula is C14H15N5O2. The van der Waals surface area contributed by atoms with Gasteiger partial charge >= 0.3 is 0 Å². The van der Waals surface area contributed by atoms with E-state index in [0.29, 0.717) is 17.3 Å². The molecule has 0 bridgehead atoms. The number of rotatable bonds is 3. The molecule has 1 aromatic carbocycles. The van der Waals surface area contributed by atoms with Crippen LogP contribution in [0.3, 0.4) is 0 Å². The Labute approximate surface area is 120 Å². The second kappa shape index (κ2) is 4.93. The quantitative estimate of drug-likeness (QED) is 0.769. The molecule has 0 aliphatic carbocycles. The summed E-state index contributed by atoms with van der Waals surface area (Å²) in [5, 5.41) is 14.6. The van der Waals surface area contributed by atoms with Crippen molar-refractivity contribution in [3.8, 4) is 5.88 Å². The summed E-state index contributed by atoms with van der Waals surface area (Å²) in [6.07, 6.45) is 1.68. The van der Waals surface area contributed by atoms with Gasteiger partial charge in [0.1, 0.15) is 11.4 Å². The van der Waals surface area contributed by atoms with Crippen molar-refractivity contribution in [3.05, 3.63) is 35.7 Å². The first-order valence-electron chi connectivity index (χ1n) is 6.43. The van der Waals surface area contributed by atoms with Gasteiger partial charge in [0, 0.05) is 12.4 Å². The summed E-state index contributed by atoms with van der Waals surface area (Å²) < 4.78 is 6.69. The SMILES string of the molecule is COc1nn(C)cc1NC(=O)c1[nH]nc2c(C)cccc12. The van der Waals surface area contributed by atoms with Gasteiger partial charge in [-0.05, 0) is 12.5 Å². The number of carbonyl (C=O) groups excluding carboxylic acids is 1. The molecule has 0 saturated heterocycles. The number of H-pyrrole nitrogens is 1. The van der Waals surface area contributed by atoms with Crippen molar-refractivity contribution >= 4 is 22.5 Å². The zero-order chi connectivity index (χ0) is 15.0. The molecule has 0 aliphatic heterocycles. The Bertz CT molecular complexity index is 818. The van der Waals surface area contributed by atoms with Crippen LogP contribution in [0, 0.1) is 6.92 Å². The van der Waals surface area contributed by atoms with E-state index in [9.17, 15) is 4.79 Å². The second-order valence-electron chi connectivity index (χ2n) is 4.75. The summed E-state index contributed by atoms with van der Waals surface area (Å²) in [5.41, 5.74) is 2.74. The van der Waals surface area contributed by atoms with Gasteiger partial charge in [0.2, 0.25) is 0 Å². The number of anilines is 1. The van der Waals surface area contributed by atoms with Crippen molar-refractivity contribution in [2.24, 2.45) is 7.05 Å². The number of nitrogens with zero attached hydrogens (tertiary/aromatic N) is 3. The lowest BCUT2D eigenvalue weighted by Gasteiger charge is -2.03. The van der Waals surface area contributed by atoms with Crippen LogP contribution in [0.2, 0.25) is 0 Å². The van der Waals surface area contributed by atoms with Gasteiger partial charge < -0.3 is 10.1 Å². The second-order valence-corrected chi connectivity index (χ2v) is 4.75. The largest absolute Gasteiger partial charge is 0.478 e. The van der Waals surface area contributed by atoms with E-state index in [1.54, 1.807) is 17.9 Å². The van der Waals surface area contributed by atoms with Crippen LogP contribution < -0.4 is 10.1 Å². The number of fused-ring (bicyclic) bond motifs is 1. The molecule has 0 fully saturated rings. The summed E-state index contributed by atoms with van der Waals surface area (Å²) >= 11 is 0. The minimum atomic E-state index is -0.283. The van der Waals surface area contributed by atoms with Crippen LogP contribution in [0.15, 0.2) is 24.4 Å². The third-order valence-electron chi connectivity index (χ3n) is 3.25. The Morgan fingerprint density at radius 1 is 1.43 bits per heavy atom. The van der Waals surface area contributed by atoms with Crippen LogP contribution in [0.5, 0.6) is 5.88 Å². The summed E-state index contributed by atoms with van der Waals surface area (Å²) in [7, 11) is 3.26. The molecule has 0 aliphatic rings. The number of methoxy groups -OCH3 is 1. The third kappa shape index (κ3) is 2.22. The highest BCUT2D eigenvalue weighted by atomic mass is 16.5. The molecular weight excluding hydrogens is 270 g/mol. The third-order valence-corrected chi connectivity index (χ3v) is 3.25. The zero-order valence-corrected chi connectivity index (χ0v) is 12.0. The Kier molecular flexibility index (Phi) is 3.09. The van der Waals surface area contributed by atoms with Crippen molar-refractivity contribution in [1.82, 2.24) is 20.0 Å². The van der Waals surface area contributed by atoms with E-state index >= 15 is 0 Å². The van der Waals surface area contributed by atoms with E-state index in [1.807, 2.05) is 25.1 Å². The monoisotopic (exact) mass is 285 g/mol. The van der Waals surface area contributed by atoms with Gasteiger partial charge in [-0.2, -0.15) is 5.10 Å². The average Bonchev–Trinajstić information content (AvgIpc) is 3.03. The minimum Gasteiger partial charge on any atom is -0.478 e. The molecule has 3 rings (SSSR count). The molecule has 7 nitrogen and oxygen atoms in total. The van der Waals surface area contributed by atoms with Crippen LogP contribution in [0.25, 0.3) is 10.9 Å². The van der Waals surface area contributed by atoms with Gasteiger partial charge in [-0.15, -0.1) is 5.10 Å². The number of hydrogen-bond acceptors (Lipinski definition) is 4. The number of aromatic amines is 1. The number of aryl methyl sites for hydroxylation is 2. The van der Waals surface area contributed by atoms with Crippen molar-refractivity contribution in [1.29, 1.82) is 0 Å². The first-order valence-corrected chi connectivity index (χ1v) is 6.43. The van der Waals surface area contributed by atoms with Gasteiger partial charge in [0.05, 0.1) is 18.8 Å². The van der Waals surface area contributed by atoms with Crippen molar-refractivity contribution in [3.63, 3.8) is 0 Å². The number of carbonyl (C=O) groups is 1. The molecule has 2 heterocycles. The van der Waals surface area contributed by atoms with Crippen LogP contribution in [-0.4, -0.2) is 33.0 Å². The highest BCUT2D eigenvalue weighted by molar-refractivity contribution is 6.11. The fourth-order valence-electron chi connectivity index (χ4n) is 2.24. The van der Waals surface area contributed by atoms with E-state index in [2.05, 4.69) is 20.6 Å². The van der Waals surface area contributed by atoms with Crippen LogP contribution >= 0.6 is 0 Å². The summed E-state index contributed by atoms with van der Waals surface area (Å²) in [5.74, 6) is 0.0836. The maximum atomic E-state index is 12.4. The average molecular weight is 285 g/mol. The Hall–Kier alpha value is -2.83. The molecule has 2 aromatic heterocycles. The molecule has 7 heteroatoms. The summed E-state index contributed by atoms with van der Waals surface area (Å²) in [6, 6.07) is 5.71. The molecule has 21 heavy (non-hydrogen) atoms. The molecule has 2 N–H and O–H groups in total. The number of amides is 1.